The average molecular weight is 393 g/mol. The van der Waals surface area contributed by atoms with E-state index in [1.54, 1.807) is 29.9 Å². The van der Waals surface area contributed by atoms with Crippen LogP contribution in [0, 0.1) is 0 Å². The first-order chi connectivity index (χ1) is 14.2. The molecule has 7 heteroatoms. The summed E-state index contributed by atoms with van der Waals surface area (Å²) in [5.74, 6) is 1.26. The molecule has 150 valence electrons. The highest BCUT2D eigenvalue weighted by Gasteiger charge is 2.25. The van der Waals surface area contributed by atoms with E-state index < -0.39 is 0 Å². The van der Waals surface area contributed by atoms with Crippen molar-refractivity contribution in [1.29, 1.82) is 0 Å². The number of carbonyl (C=O) groups excluding carboxylic acids is 1. The normalized spacial score (nSPS) is 13.9. The molecular formula is C22H23N3O4. The molecule has 7 nitrogen and oxygen atoms in total. The van der Waals surface area contributed by atoms with Crippen LogP contribution in [0.25, 0.3) is 16.9 Å². The number of rotatable bonds is 5. The number of benzene rings is 2. The van der Waals surface area contributed by atoms with Gasteiger partial charge in [-0.3, -0.25) is 4.79 Å². The van der Waals surface area contributed by atoms with Crippen molar-refractivity contribution in [2.24, 2.45) is 0 Å². The Morgan fingerprint density at radius 1 is 1.00 bits per heavy atom. The largest absolute Gasteiger partial charge is 0.497 e. The van der Waals surface area contributed by atoms with E-state index in [0.29, 0.717) is 49.2 Å². The van der Waals surface area contributed by atoms with Gasteiger partial charge in [-0.25, -0.2) is 4.68 Å². The maximum Gasteiger partial charge on any atom is 0.272 e. The predicted octanol–water partition coefficient (Wildman–Crippen LogP) is 3.03. The molecule has 4 rings (SSSR count). The van der Waals surface area contributed by atoms with E-state index in [2.05, 4.69) is 0 Å². The molecular weight excluding hydrogens is 370 g/mol. The van der Waals surface area contributed by atoms with Gasteiger partial charge in [0, 0.05) is 24.7 Å². The molecule has 1 aliphatic heterocycles. The van der Waals surface area contributed by atoms with E-state index in [0.717, 1.165) is 11.3 Å². The van der Waals surface area contributed by atoms with Gasteiger partial charge in [0.25, 0.3) is 5.91 Å². The fourth-order valence-electron chi connectivity index (χ4n) is 3.37. The number of hydrogen-bond donors (Lipinski definition) is 0. The smallest absolute Gasteiger partial charge is 0.272 e. The highest BCUT2D eigenvalue weighted by atomic mass is 16.5. The molecule has 29 heavy (non-hydrogen) atoms. The highest BCUT2D eigenvalue weighted by molar-refractivity contribution is 5.94. The Labute approximate surface area is 169 Å². The molecule has 2 heterocycles. The second-order valence-electron chi connectivity index (χ2n) is 6.63. The number of amides is 1. The fourth-order valence-corrected chi connectivity index (χ4v) is 3.37. The van der Waals surface area contributed by atoms with Crippen molar-refractivity contribution < 1.29 is 19.0 Å². The Bertz CT molecular complexity index is 995. The summed E-state index contributed by atoms with van der Waals surface area (Å²) in [5, 5.41) is 4.75. The molecule has 1 amide bonds. The third-order valence-corrected chi connectivity index (χ3v) is 4.91. The van der Waals surface area contributed by atoms with E-state index in [-0.39, 0.29) is 5.91 Å². The van der Waals surface area contributed by atoms with Gasteiger partial charge in [0.2, 0.25) is 0 Å². The van der Waals surface area contributed by atoms with Crippen LogP contribution in [-0.4, -0.2) is 61.1 Å². The number of morpholine rings is 1. The van der Waals surface area contributed by atoms with Gasteiger partial charge in [-0.05, 0) is 30.3 Å². The number of nitrogens with zero attached hydrogens (tertiary/aromatic N) is 3. The summed E-state index contributed by atoms with van der Waals surface area (Å²) in [4.78, 5) is 15.1. The summed E-state index contributed by atoms with van der Waals surface area (Å²) >= 11 is 0. The van der Waals surface area contributed by atoms with Crippen LogP contribution >= 0.6 is 0 Å². The van der Waals surface area contributed by atoms with Crippen molar-refractivity contribution >= 4 is 5.91 Å². The third-order valence-electron chi connectivity index (χ3n) is 4.91. The molecule has 0 bridgehead atoms. The monoisotopic (exact) mass is 393 g/mol. The van der Waals surface area contributed by atoms with Crippen LogP contribution in [0.15, 0.2) is 54.6 Å². The van der Waals surface area contributed by atoms with Gasteiger partial charge in [-0.1, -0.05) is 18.2 Å². The van der Waals surface area contributed by atoms with Gasteiger partial charge in [-0.2, -0.15) is 5.10 Å². The molecule has 0 unspecified atom stereocenters. The summed E-state index contributed by atoms with van der Waals surface area (Å²) < 4.78 is 17.9. The molecule has 0 atom stereocenters. The van der Waals surface area contributed by atoms with E-state index >= 15 is 0 Å². The first-order valence-corrected chi connectivity index (χ1v) is 9.46. The Hall–Kier alpha value is -3.32. The molecule has 0 aliphatic carbocycles. The third kappa shape index (κ3) is 3.82. The maximum atomic E-state index is 13.3. The molecule has 1 fully saturated rings. The Kier molecular flexibility index (Phi) is 5.48. The van der Waals surface area contributed by atoms with Crippen LogP contribution in [0.3, 0.4) is 0 Å². The lowest BCUT2D eigenvalue weighted by Gasteiger charge is -2.26. The summed E-state index contributed by atoms with van der Waals surface area (Å²) in [6.45, 7) is 2.23. The van der Waals surface area contributed by atoms with Gasteiger partial charge in [0.05, 0.1) is 38.8 Å². The molecule has 1 aromatic heterocycles. The van der Waals surface area contributed by atoms with Crippen LogP contribution in [0.1, 0.15) is 10.5 Å². The zero-order valence-corrected chi connectivity index (χ0v) is 16.5. The van der Waals surface area contributed by atoms with E-state index in [1.165, 1.54) is 0 Å². The number of carbonyl (C=O) groups is 1. The van der Waals surface area contributed by atoms with E-state index in [9.17, 15) is 4.79 Å². The van der Waals surface area contributed by atoms with Crippen LogP contribution in [-0.2, 0) is 4.74 Å². The molecule has 0 spiro atoms. The quantitative estimate of drug-likeness (QED) is 0.667. The molecule has 3 aromatic rings. The van der Waals surface area contributed by atoms with Crippen molar-refractivity contribution in [3.63, 3.8) is 0 Å². The second-order valence-corrected chi connectivity index (χ2v) is 6.63. The van der Waals surface area contributed by atoms with Crippen molar-refractivity contribution in [1.82, 2.24) is 14.7 Å². The molecule has 0 N–H and O–H groups in total. The fraction of sp³-hybridized carbons (Fsp3) is 0.273. The number of para-hydroxylation sites is 1. The maximum absolute atomic E-state index is 13.3. The summed E-state index contributed by atoms with van der Waals surface area (Å²) in [6, 6.07) is 17.0. The topological polar surface area (TPSA) is 65.8 Å². The van der Waals surface area contributed by atoms with Gasteiger partial charge in [0.1, 0.15) is 17.2 Å². The summed E-state index contributed by atoms with van der Waals surface area (Å²) in [7, 11) is 3.21. The van der Waals surface area contributed by atoms with Crippen molar-refractivity contribution in [3.05, 3.63) is 60.3 Å². The molecule has 1 aliphatic rings. The van der Waals surface area contributed by atoms with E-state index in [1.807, 2.05) is 48.5 Å². The highest BCUT2D eigenvalue weighted by Crippen LogP contribution is 2.33. The lowest BCUT2D eigenvalue weighted by atomic mass is 10.1. The SMILES string of the molecule is COc1ccc(-c2cc(C(=O)N3CCOCC3)n(-c3ccccc3)n2)c(OC)c1. The van der Waals surface area contributed by atoms with Crippen LogP contribution in [0.5, 0.6) is 11.5 Å². The Balaban J connectivity index is 1.81. The van der Waals surface area contributed by atoms with Gasteiger partial charge in [-0.15, -0.1) is 0 Å². The number of aromatic nitrogens is 2. The van der Waals surface area contributed by atoms with Crippen molar-refractivity contribution in [2.45, 2.75) is 0 Å². The van der Waals surface area contributed by atoms with E-state index in [4.69, 9.17) is 19.3 Å². The predicted molar refractivity (Wildman–Crippen MR) is 109 cm³/mol. The number of ether oxygens (including phenoxy) is 3. The summed E-state index contributed by atoms with van der Waals surface area (Å²) in [5.41, 5.74) is 2.78. The molecule has 1 saturated heterocycles. The Morgan fingerprint density at radius 3 is 2.45 bits per heavy atom. The lowest BCUT2D eigenvalue weighted by molar-refractivity contribution is 0.0297. The average Bonchev–Trinajstić information content (AvgIpc) is 3.24. The van der Waals surface area contributed by atoms with Crippen molar-refractivity contribution in [2.75, 3.05) is 40.5 Å². The zero-order chi connectivity index (χ0) is 20.2. The minimum atomic E-state index is -0.0663. The standard InChI is InChI=1S/C22H23N3O4/c1-27-17-8-9-18(21(14-17)28-2)19-15-20(22(26)24-10-12-29-13-11-24)25(23-19)16-6-4-3-5-7-16/h3-9,14-15H,10-13H2,1-2H3. The Morgan fingerprint density at radius 2 is 1.76 bits per heavy atom. The van der Waals surface area contributed by atoms with Gasteiger partial charge >= 0.3 is 0 Å². The van der Waals surface area contributed by atoms with Crippen LogP contribution in [0.4, 0.5) is 0 Å². The van der Waals surface area contributed by atoms with Gasteiger partial charge < -0.3 is 19.1 Å². The lowest BCUT2D eigenvalue weighted by Crippen LogP contribution is -2.41. The second kappa shape index (κ2) is 8.36. The van der Waals surface area contributed by atoms with Crippen LogP contribution in [0.2, 0.25) is 0 Å². The molecule has 0 radical (unpaired) electrons. The molecule has 2 aromatic carbocycles. The zero-order valence-electron chi connectivity index (χ0n) is 16.5. The minimum absolute atomic E-state index is 0.0663. The van der Waals surface area contributed by atoms with Crippen LogP contribution < -0.4 is 9.47 Å². The number of hydrogen-bond acceptors (Lipinski definition) is 5. The number of methoxy groups -OCH3 is 2. The minimum Gasteiger partial charge on any atom is -0.497 e. The van der Waals surface area contributed by atoms with Gasteiger partial charge in [0.15, 0.2) is 0 Å². The first kappa shape index (κ1) is 19.0. The van der Waals surface area contributed by atoms with Crippen molar-refractivity contribution in [3.8, 4) is 28.4 Å². The summed E-state index contributed by atoms with van der Waals surface area (Å²) in [6.07, 6.45) is 0. The first-order valence-electron chi connectivity index (χ1n) is 9.46. The molecule has 0 saturated carbocycles.